The summed E-state index contributed by atoms with van der Waals surface area (Å²) in [6, 6.07) is 2.39. The zero-order chi connectivity index (χ0) is 14.2. The summed E-state index contributed by atoms with van der Waals surface area (Å²) in [5, 5.41) is 5.40. The molecule has 0 aromatic carbocycles. The topological polar surface area (TPSA) is 66.8 Å². The van der Waals surface area contributed by atoms with E-state index in [2.05, 4.69) is 35.5 Å². The molecule has 7 heteroatoms. The second kappa shape index (κ2) is 4.92. The first-order valence-corrected chi connectivity index (χ1v) is 7.66. The van der Waals surface area contributed by atoms with E-state index in [0.717, 1.165) is 34.7 Å². The van der Waals surface area contributed by atoms with Gasteiger partial charge in [0.15, 0.2) is 0 Å². The van der Waals surface area contributed by atoms with Crippen molar-refractivity contribution in [3.63, 3.8) is 0 Å². The maximum Gasteiger partial charge on any atom is 0.222 e. The Labute approximate surface area is 125 Å². The Bertz CT molecular complexity index is 762. The quantitative estimate of drug-likeness (QED) is 0.798. The Morgan fingerprint density at radius 2 is 2.00 bits per heavy atom. The fourth-order valence-corrected chi connectivity index (χ4v) is 3.26. The molecule has 4 heterocycles. The molecule has 3 aromatic heterocycles. The second-order valence-electron chi connectivity index (χ2n) is 5.16. The third-order valence-electron chi connectivity index (χ3n) is 3.52. The Kier molecular flexibility index (Phi) is 2.92. The SMILES string of the molecule is Cc1cnc(NC2CN(c3ncnc4ccsc34)C2)nc1. The van der Waals surface area contributed by atoms with Crippen LogP contribution in [0.25, 0.3) is 10.2 Å². The molecule has 1 aliphatic heterocycles. The highest BCUT2D eigenvalue weighted by Gasteiger charge is 2.29. The molecule has 0 bridgehead atoms. The maximum absolute atomic E-state index is 4.42. The summed E-state index contributed by atoms with van der Waals surface area (Å²) in [5.74, 6) is 1.71. The maximum atomic E-state index is 4.42. The highest BCUT2D eigenvalue weighted by Crippen LogP contribution is 2.30. The smallest absolute Gasteiger partial charge is 0.222 e. The van der Waals surface area contributed by atoms with E-state index >= 15 is 0 Å². The van der Waals surface area contributed by atoms with Crippen LogP contribution in [0.3, 0.4) is 0 Å². The van der Waals surface area contributed by atoms with Gasteiger partial charge in [-0.2, -0.15) is 0 Å². The van der Waals surface area contributed by atoms with Gasteiger partial charge in [-0.05, 0) is 23.9 Å². The average molecular weight is 298 g/mol. The van der Waals surface area contributed by atoms with Gasteiger partial charge in [-0.25, -0.2) is 19.9 Å². The van der Waals surface area contributed by atoms with Crippen LogP contribution in [0.15, 0.2) is 30.2 Å². The van der Waals surface area contributed by atoms with Crippen LogP contribution in [-0.2, 0) is 0 Å². The van der Waals surface area contributed by atoms with Crippen LogP contribution in [-0.4, -0.2) is 39.1 Å². The fraction of sp³-hybridized carbons (Fsp3) is 0.286. The fourth-order valence-electron chi connectivity index (χ4n) is 2.39. The van der Waals surface area contributed by atoms with Crippen LogP contribution in [0.2, 0.25) is 0 Å². The van der Waals surface area contributed by atoms with E-state index in [1.807, 2.05) is 25.4 Å². The number of rotatable bonds is 3. The Morgan fingerprint density at radius 1 is 1.19 bits per heavy atom. The molecule has 3 aromatic rings. The van der Waals surface area contributed by atoms with Crippen molar-refractivity contribution in [2.24, 2.45) is 0 Å². The molecule has 0 unspecified atom stereocenters. The number of nitrogens with one attached hydrogen (secondary N) is 1. The monoisotopic (exact) mass is 298 g/mol. The summed E-state index contributed by atoms with van der Waals surface area (Å²) in [6.45, 7) is 3.79. The molecule has 0 atom stereocenters. The third kappa shape index (κ3) is 2.29. The molecular formula is C14H14N6S. The zero-order valence-electron chi connectivity index (χ0n) is 11.5. The number of fused-ring (bicyclic) bond motifs is 1. The van der Waals surface area contributed by atoms with Gasteiger partial charge in [0.25, 0.3) is 0 Å². The minimum absolute atomic E-state index is 0.359. The molecule has 1 aliphatic rings. The number of hydrogen-bond donors (Lipinski definition) is 1. The Balaban J connectivity index is 1.45. The first kappa shape index (κ1) is 12.5. The van der Waals surface area contributed by atoms with Crippen LogP contribution >= 0.6 is 11.3 Å². The summed E-state index contributed by atoms with van der Waals surface area (Å²) < 4.78 is 1.16. The summed E-state index contributed by atoms with van der Waals surface area (Å²) in [4.78, 5) is 19.5. The van der Waals surface area contributed by atoms with Crippen molar-refractivity contribution in [1.29, 1.82) is 0 Å². The van der Waals surface area contributed by atoms with Crippen LogP contribution in [0.1, 0.15) is 5.56 Å². The third-order valence-corrected chi connectivity index (χ3v) is 4.42. The Hall–Kier alpha value is -2.28. The highest BCUT2D eigenvalue weighted by molar-refractivity contribution is 7.17. The standard InChI is InChI=1S/C14H14N6S/c1-9-4-15-14(16-5-9)19-10-6-20(7-10)13-12-11(2-3-21-12)17-8-18-13/h2-5,8,10H,6-7H2,1H3,(H,15,16,19). The van der Waals surface area contributed by atoms with Crippen molar-refractivity contribution in [2.75, 3.05) is 23.3 Å². The van der Waals surface area contributed by atoms with Gasteiger partial charge in [-0.15, -0.1) is 11.3 Å². The second-order valence-corrected chi connectivity index (χ2v) is 6.08. The summed E-state index contributed by atoms with van der Waals surface area (Å²) in [5.41, 5.74) is 2.08. The van der Waals surface area contributed by atoms with Gasteiger partial charge < -0.3 is 10.2 Å². The van der Waals surface area contributed by atoms with Crippen molar-refractivity contribution in [3.8, 4) is 0 Å². The molecule has 0 spiro atoms. The molecule has 1 fully saturated rings. The molecular weight excluding hydrogens is 284 g/mol. The largest absolute Gasteiger partial charge is 0.351 e. The summed E-state index contributed by atoms with van der Waals surface area (Å²) >= 11 is 1.69. The van der Waals surface area contributed by atoms with Gasteiger partial charge in [0, 0.05) is 25.5 Å². The molecule has 6 nitrogen and oxygen atoms in total. The van der Waals surface area contributed by atoms with E-state index in [9.17, 15) is 0 Å². The highest BCUT2D eigenvalue weighted by atomic mass is 32.1. The van der Waals surface area contributed by atoms with Gasteiger partial charge in [0.2, 0.25) is 5.95 Å². The lowest BCUT2D eigenvalue weighted by Gasteiger charge is -2.40. The molecule has 1 N–H and O–H groups in total. The lowest BCUT2D eigenvalue weighted by Crippen LogP contribution is -2.55. The van der Waals surface area contributed by atoms with Gasteiger partial charge in [0.1, 0.15) is 12.1 Å². The molecule has 4 rings (SSSR count). The van der Waals surface area contributed by atoms with Crippen LogP contribution in [0, 0.1) is 6.92 Å². The number of hydrogen-bond acceptors (Lipinski definition) is 7. The molecule has 21 heavy (non-hydrogen) atoms. The van der Waals surface area contributed by atoms with Crippen LogP contribution in [0.5, 0.6) is 0 Å². The number of aromatic nitrogens is 4. The first-order chi connectivity index (χ1) is 10.3. The zero-order valence-corrected chi connectivity index (χ0v) is 12.3. The normalized spacial score (nSPS) is 15.2. The molecule has 0 saturated carbocycles. The van der Waals surface area contributed by atoms with Gasteiger partial charge >= 0.3 is 0 Å². The van der Waals surface area contributed by atoms with Gasteiger partial charge in [0.05, 0.1) is 16.3 Å². The predicted molar refractivity (Wildman–Crippen MR) is 83.8 cm³/mol. The van der Waals surface area contributed by atoms with Crippen molar-refractivity contribution < 1.29 is 0 Å². The van der Waals surface area contributed by atoms with Crippen LogP contribution in [0.4, 0.5) is 11.8 Å². The van der Waals surface area contributed by atoms with Crippen LogP contribution < -0.4 is 10.2 Å². The lowest BCUT2D eigenvalue weighted by atomic mass is 10.1. The van der Waals surface area contributed by atoms with Crippen molar-refractivity contribution in [1.82, 2.24) is 19.9 Å². The van der Waals surface area contributed by atoms with E-state index < -0.39 is 0 Å². The van der Waals surface area contributed by atoms with Crippen molar-refractivity contribution >= 4 is 33.3 Å². The number of nitrogens with zero attached hydrogens (tertiary/aromatic N) is 5. The molecule has 106 valence electrons. The van der Waals surface area contributed by atoms with E-state index in [-0.39, 0.29) is 0 Å². The van der Waals surface area contributed by atoms with E-state index in [4.69, 9.17) is 0 Å². The van der Waals surface area contributed by atoms with Gasteiger partial charge in [-0.3, -0.25) is 0 Å². The molecule has 0 amide bonds. The number of anilines is 2. The number of aryl methyl sites for hydroxylation is 1. The molecule has 0 aliphatic carbocycles. The van der Waals surface area contributed by atoms with E-state index in [1.54, 1.807) is 17.7 Å². The van der Waals surface area contributed by atoms with Gasteiger partial charge in [-0.1, -0.05) is 0 Å². The average Bonchev–Trinajstić information content (AvgIpc) is 2.93. The first-order valence-electron chi connectivity index (χ1n) is 6.78. The predicted octanol–water partition coefficient (Wildman–Crippen LogP) is 2.09. The lowest BCUT2D eigenvalue weighted by molar-refractivity contribution is 0.543. The summed E-state index contributed by atoms with van der Waals surface area (Å²) in [6.07, 6.45) is 5.28. The molecule has 0 radical (unpaired) electrons. The summed E-state index contributed by atoms with van der Waals surface area (Å²) in [7, 11) is 0. The van der Waals surface area contributed by atoms with E-state index in [1.165, 1.54) is 0 Å². The Morgan fingerprint density at radius 3 is 2.81 bits per heavy atom. The minimum atomic E-state index is 0.359. The van der Waals surface area contributed by atoms with Crippen molar-refractivity contribution in [2.45, 2.75) is 13.0 Å². The number of thiophene rings is 1. The van der Waals surface area contributed by atoms with E-state index in [0.29, 0.717) is 12.0 Å². The molecule has 1 saturated heterocycles. The minimum Gasteiger partial charge on any atom is -0.351 e. The van der Waals surface area contributed by atoms with Crippen molar-refractivity contribution in [3.05, 3.63) is 35.7 Å².